The van der Waals surface area contributed by atoms with Crippen LogP contribution in [0.2, 0.25) is 0 Å². The number of ether oxygens (including phenoxy) is 1. The summed E-state index contributed by atoms with van der Waals surface area (Å²) in [6, 6.07) is 7.76. The first-order valence-corrected chi connectivity index (χ1v) is 6.18. The summed E-state index contributed by atoms with van der Waals surface area (Å²) in [4.78, 5) is 4.21. The van der Waals surface area contributed by atoms with Gasteiger partial charge in [-0.25, -0.2) is 4.39 Å². The van der Waals surface area contributed by atoms with Crippen LogP contribution in [0.3, 0.4) is 0 Å². The zero-order chi connectivity index (χ0) is 14.8. The molecule has 0 aliphatic rings. The van der Waals surface area contributed by atoms with Gasteiger partial charge < -0.3 is 19.4 Å². The van der Waals surface area contributed by atoms with E-state index in [4.69, 9.17) is 19.4 Å². The summed E-state index contributed by atoms with van der Waals surface area (Å²) in [6.45, 7) is 0.288. The highest BCUT2D eigenvalue weighted by Gasteiger charge is 2.15. The van der Waals surface area contributed by atoms with Crippen molar-refractivity contribution < 1.29 is 18.1 Å². The Kier molecular flexibility index (Phi) is 3.41. The largest absolute Gasteiger partial charge is 0.494 e. The maximum Gasteiger partial charge on any atom is 0.293 e. The lowest BCUT2D eigenvalue weighted by atomic mass is 10.2. The molecule has 3 aromatic rings. The Morgan fingerprint density at radius 2 is 2.14 bits per heavy atom. The average Bonchev–Trinajstić information content (AvgIpc) is 3.16. The first-order chi connectivity index (χ1) is 10.2. The van der Waals surface area contributed by atoms with Gasteiger partial charge >= 0.3 is 0 Å². The van der Waals surface area contributed by atoms with E-state index in [9.17, 15) is 4.39 Å². The van der Waals surface area contributed by atoms with E-state index in [1.54, 1.807) is 18.2 Å². The average molecular weight is 289 g/mol. The molecule has 0 fully saturated rings. The maximum absolute atomic E-state index is 13.4. The predicted molar refractivity (Wildman–Crippen MR) is 71.8 cm³/mol. The zero-order valence-corrected chi connectivity index (χ0v) is 11.2. The molecule has 0 saturated heterocycles. The number of nitrogens with two attached hydrogens (primary N) is 1. The van der Waals surface area contributed by atoms with Crippen LogP contribution in [0.1, 0.15) is 5.76 Å². The second kappa shape index (κ2) is 5.37. The molecule has 0 bridgehead atoms. The number of aromatic nitrogens is 2. The van der Waals surface area contributed by atoms with Crippen LogP contribution in [0.5, 0.6) is 5.75 Å². The van der Waals surface area contributed by atoms with Crippen LogP contribution < -0.4 is 10.5 Å². The lowest BCUT2D eigenvalue weighted by molar-refractivity contribution is 0.386. The summed E-state index contributed by atoms with van der Waals surface area (Å²) in [5.41, 5.74) is 6.05. The van der Waals surface area contributed by atoms with Gasteiger partial charge in [-0.05, 0) is 30.3 Å². The second-order valence-electron chi connectivity index (χ2n) is 4.24. The van der Waals surface area contributed by atoms with Gasteiger partial charge in [0.2, 0.25) is 5.82 Å². The summed E-state index contributed by atoms with van der Waals surface area (Å²) >= 11 is 0. The summed E-state index contributed by atoms with van der Waals surface area (Å²) < 4.78 is 28.9. The number of methoxy groups -OCH3 is 1. The SMILES string of the molecule is COc1cc(-c2noc(-c3ccc(CN)o3)n2)ccc1F. The number of rotatable bonds is 4. The Labute approximate surface area is 119 Å². The molecule has 0 amide bonds. The number of furan rings is 1. The molecule has 0 aliphatic heterocycles. The fourth-order valence-corrected chi connectivity index (χ4v) is 1.84. The Balaban J connectivity index is 1.94. The lowest BCUT2D eigenvalue weighted by Gasteiger charge is -2.02. The Hall–Kier alpha value is -2.67. The van der Waals surface area contributed by atoms with Crippen LogP contribution in [-0.2, 0) is 6.54 Å². The highest BCUT2D eigenvalue weighted by molar-refractivity contribution is 5.59. The van der Waals surface area contributed by atoms with E-state index in [2.05, 4.69) is 10.1 Å². The van der Waals surface area contributed by atoms with Crippen molar-refractivity contribution >= 4 is 0 Å². The van der Waals surface area contributed by atoms with Gasteiger partial charge in [0.25, 0.3) is 5.89 Å². The topological polar surface area (TPSA) is 87.3 Å². The highest BCUT2D eigenvalue weighted by Crippen LogP contribution is 2.27. The molecule has 2 N–H and O–H groups in total. The minimum atomic E-state index is -0.455. The van der Waals surface area contributed by atoms with Crippen molar-refractivity contribution in [1.82, 2.24) is 10.1 Å². The van der Waals surface area contributed by atoms with Crippen LogP contribution in [0.25, 0.3) is 23.0 Å². The number of hydrogen-bond donors (Lipinski definition) is 1. The van der Waals surface area contributed by atoms with E-state index in [-0.39, 0.29) is 18.2 Å². The number of benzene rings is 1. The van der Waals surface area contributed by atoms with E-state index < -0.39 is 5.82 Å². The van der Waals surface area contributed by atoms with Crippen molar-refractivity contribution in [1.29, 1.82) is 0 Å². The van der Waals surface area contributed by atoms with Gasteiger partial charge in [-0.1, -0.05) is 5.16 Å². The number of hydrogen-bond acceptors (Lipinski definition) is 6. The quantitative estimate of drug-likeness (QED) is 0.794. The van der Waals surface area contributed by atoms with Gasteiger partial charge in [-0.15, -0.1) is 0 Å². The predicted octanol–water partition coefficient (Wildman–Crippen LogP) is 2.60. The first kappa shape index (κ1) is 13.3. The minimum Gasteiger partial charge on any atom is -0.494 e. The molecule has 0 atom stereocenters. The van der Waals surface area contributed by atoms with E-state index in [1.807, 2.05) is 0 Å². The van der Waals surface area contributed by atoms with Gasteiger partial charge in [-0.3, -0.25) is 0 Å². The number of halogens is 1. The molecule has 7 heteroatoms. The summed E-state index contributed by atoms with van der Waals surface area (Å²) in [5.74, 6) is 1.25. The fourth-order valence-electron chi connectivity index (χ4n) is 1.84. The summed E-state index contributed by atoms with van der Waals surface area (Å²) in [6.07, 6.45) is 0. The van der Waals surface area contributed by atoms with Crippen LogP contribution in [0, 0.1) is 5.82 Å². The molecule has 108 valence electrons. The smallest absolute Gasteiger partial charge is 0.293 e. The van der Waals surface area contributed by atoms with Crippen LogP contribution in [0.15, 0.2) is 39.3 Å². The van der Waals surface area contributed by atoms with Crippen molar-refractivity contribution in [2.75, 3.05) is 7.11 Å². The van der Waals surface area contributed by atoms with Crippen LogP contribution >= 0.6 is 0 Å². The molecule has 1 aromatic carbocycles. The molecule has 3 rings (SSSR count). The summed E-state index contributed by atoms with van der Waals surface area (Å²) in [5, 5.41) is 3.85. The molecule has 2 aromatic heterocycles. The molecule has 0 radical (unpaired) electrons. The van der Waals surface area contributed by atoms with Crippen molar-refractivity contribution in [3.05, 3.63) is 41.9 Å². The first-order valence-electron chi connectivity index (χ1n) is 6.18. The molecular formula is C14H12FN3O3. The Bertz CT molecular complexity index is 766. The van der Waals surface area contributed by atoms with Crippen molar-refractivity contribution in [3.8, 4) is 28.8 Å². The molecule has 0 unspecified atom stereocenters. The molecule has 21 heavy (non-hydrogen) atoms. The number of nitrogens with zero attached hydrogens (tertiary/aromatic N) is 2. The zero-order valence-electron chi connectivity index (χ0n) is 11.2. The minimum absolute atomic E-state index is 0.113. The molecule has 0 saturated carbocycles. The molecule has 0 spiro atoms. The van der Waals surface area contributed by atoms with Crippen molar-refractivity contribution in [2.45, 2.75) is 6.54 Å². The van der Waals surface area contributed by atoms with E-state index in [0.717, 1.165) is 0 Å². The maximum atomic E-state index is 13.4. The van der Waals surface area contributed by atoms with Crippen LogP contribution in [-0.4, -0.2) is 17.3 Å². The van der Waals surface area contributed by atoms with E-state index in [0.29, 0.717) is 22.9 Å². The molecule has 6 nitrogen and oxygen atoms in total. The van der Waals surface area contributed by atoms with Crippen molar-refractivity contribution in [3.63, 3.8) is 0 Å². The third-order valence-electron chi connectivity index (χ3n) is 2.91. The monoisotopic (exact) mass is 289 g/mol. The molecular weight excluding hydrogens is 277 g/mol. The van der Waals surface area contributed by atoms with Gasteiger partial charge in [0.05, 0.1) is 13.7 Å². The molecule has 0 aliphatic carbocycles. The third kappa shape index (κ3) is 2.50. The van der Waals surface area contributed by atoms with Gasteiger partial charge in [0.15, 0.2) is 17.3 Å². The van der Waals surface area contributed by atoms with E-state index >= 15 is 0 Å². The van der Waals surface area contributed by atoms with Crippen LogP contribution in [0.4, 0.5) is 4.39 Å². The highest BCUT2D eigenvalue weighted by atomic mass is 19.1. The van der Waals surface area contributed by atoms with Gasteiger partial charge in [0, 0.05) is 5.56 Å². The fraction of sp³-hybridized carbons (Fsp3) is 0.143. The Morgan fingerprint density at radius 1 is 1.29 bits per heavy atom. The van der Waals surface area contributed by atoms with Gasteiger partial charge in [0.1, 0.15) is 5.76 Å². The second-order valence-corrected chi connectivity index (χ2v) is 4.24. The lowest BCUT2D eigenvalue weighted by Crippen LogP contribution is -1.92. The van der Waals surface area contributed by atoms with Crippen molar-refractivity contribution in [2.24, 2.45) is 5.73 Å². The Morgan fingerprint density at radius 3 is 2.86 bits per heavy atom. The molecule has 2 heterocycles. The standard InChI is InChI=1S/C14H12FN3O3/c1-19-12-6-8(2-4-10(12)15)13-17-14(21-18-13)11-5-3-9(7-16)20-11/h2-6H,7,16H2,1H3. The third-order valence-corrected chi connectivity index (χ3v) is 2.91. The normalized spacial score (nSPS) is 10.8. The van der Waals surface area contributed by atoms with Gasteiger partial charge in [-0.2, -0.15) is 4.98 Å². The van der Waals surface area contributed by atoms with E-state index in [1.165, 1.54) is 19.2 Å². The summed E-state index contributed by atoms with van der Waals surface area (Å²) in [7, 11) is 1.39.